The van der Waals surface area contributed by atoms with Crippen molar-refractivity contribution in [3.8, 4) is 0 Å². The number of halogens is 1. The summed E-state index contributed by atoms with van der Waals surface area (Å²) in [6, 6.07) is 15.6. The first kappa shape index (κ1) is 21.3. The van der Waals surface area contributed by atoms with Crippen molar-refractivity contribution >= 4 is 34.9 Å². The number of Topliss-reactive ketones (excluding diaryl/α,β-unsaturated/α-hetero) is 1. The Balaban J connectivity index is 1.44. The molecule has 0 atom stereocenters. The summed E-state index contributed by atoms with van der Waals surface area (Å²) in [4.78, 5) is 36.3. The second kappa shape index (κ2) is 10.4. The van der Waals surface area contributed by atoms with Crippen LogP contribution in [0.3, 0.4) is 0 Å². The van der Waals surface area contributed by atoms with Crippen molar-refractivity contribution in [2.24, 2.45) is 0 Å². The van der Waals surface area contributed by atoms with Gasteiger partial charge in [0, 0.05) is 48.1 Å². The summed E-state index contributed by atoms with van der Waals surface area (Å²) in [6.07, 6.45) is 3.54. The largest absolute Gasteiger partial charge is 0.352 e. The summed E-state index contributed by atoms with van der Waals surface area (Å²) in [5, 5.41) is 10.2. The minimum atomic E-state index is -0.217. The van der Waals surface area contributed by atoms with E-state index in [1.54, 1.807) is 60.9 Å². The molecule has 2 amide bonds. The normalized spacial score (nSPS) is 10.4. The van der Waals surface area contributed by atoms with E-state index in [2.05, 4.69) is 15.7 Å². The van der Waals surface area contributed by atoms with Crippen molar-refractivity contribution in [1.29, 1.82) is 0 Å². The van der Waals surface area contributed by atoms with Crippen LogP contribution >= 0.6 is 11.6 Å². The number of carbonyl (C=O) groups is 3. The minimum Gasteiger partial charge on any atom is -0.352 e. The monoisotopic (exact) mass is 424 g/mol. The Morgan fingerprint density at radius 2 is 1.77 bits per heavy atom. The fourth-order valence-corrected chi connectivity index (χ4v) is 2.92. The lowest BCUT2D eigenvalue weighted by Gasteiger charge is -2.09. The van der Waals surface area contributed by atoms with Gasteiger partial charge in [-0.25, -0.2) is 0 Å². The van der Waals surface area contributed by atoms with Gasteiger partial charge < -0.3 is 10.6 Å². The van der Waals surface area contributed by atoms with Crippen molar-refractivity contribution < 1.29 is 14.4 Å². The summed E-state index contributed by atoms with van der Waals surface area (Å²) in [5.41, 5.74) is 2.01. The van der Waals surface area contributed by atoms with E-state index in [9.17, 15) is 14.4 Å². The number of hydrogen-bond donors (Lipinski definition) is 2. The zero-order chi connectivity index (χ0) is 21.3. The Bertz CT molecular complexity index is 1020. The van der Waals surface area contributed by atoms with Crippen LogP contribution < -0.4 is 10.6 Å². The molecule has 0 aliphatic carbocycles. The van der Waals surface area contributed by atoms with Crippen LogP contribution in [0.2, 0.25) is 5.02 Å². The van der Waals surface area contributed by atoms with Gasteiger partial charge in [-0.3, -0.25) is 19.1 Å². The van der Waals surface area contributed by atoms with E-state index >= 15 is 0 Å². The smallest absolute Gasteiger partial charge is 0.246 e. The Kier molecular flexibility index (Phi) is 7.34. The van der Waals surface area contributed by atoms with E-state index in [0.29, 0.717) is 22.8 Å². The fraction of sp³-hybridized carbons (Fsp3) is 0.182. The summed E-state index contributed by atoms with van der Waals surface area (Å²) in [6.45, 7) is 0.423. The molecule has 154 valence electrons. The molecule has 0 spiro atoms. The third-order valence-corrected chi connectivity index (χ3v) is 4.56. The number of aromatic nitrogens is 2. The molecule has 2 N–H and O–H groups in total. The molecule has 7 nitrogen and oxygen atoms in total. The van der Waals surface area contributed by atoms with Crippen LogP contribution in [-0.4, -0.2) is 27.4 Å². The number of amides is 2. The van der Waals surface area contributed by atoms with Crippen LogP contribution in [-0.2, 0) is 22.7 Å². The van der Waals surface area contributed by atoms with Crippen molar-refractivity contribution in [3.05, 3.63) is 83.1 Å². The minimum absolute atomic E-state index is 0.0990. The van der Waals surface area contributed by atoms with Crippen molar-refractivity contribution in [3.63, 3.8) is 0 Å². The number of rotatable bonds is 9. The summed E-state index contributed by atoms with van der Waals surface area (Å²) in [5.74, 6) is -0.519. The first-order chi connectivity index (χ1) is 14.5. The number of ketones is 1. The lowest BCUT2D eigenvalue weighted by atomic mass is 10.1. The number of benzene rings is 2. The Hall–Kier alpha value is -3.45. The Morgan fingerprint density at radius 1 is 0.967 bits per heavy atom. The molecular formula is C22H21ClN4O3. The highest BCUT2D eigenvalue weighted by atomic mass is 35.5. The van der Waals surface area contributed by atoms with E-state index in [1.165, 1.54) is 4.68 Å². The molecule has 3 aromatic rings. The molecule has 2 aromatic carbocycles. The van der Waals surface area contributed by atoms with Gasteiger partial charge in [0.1, 0.15) is 6.54 Å². The molecule has 0 saturated carbocycles. The number of nitrogens with zero attached hydrogens (tertiary/aromatic N) is 2. The second-order valence-corrected chi connectivity index (χ2v) is 7.10. The van der Waals surface area contributed by atoms with Gasteiger partial charge in [-0.15, -0.1) is 0 Å². The molecule has 8 heteroatoms. The molecule has 0 radical (unpaired) electrons. The first-order valence-corrected chi connectivity index (χ1v) is 9.79. The molecule has 0 unspecified atom stereocenters. The highest BCUT2D eigenvalue weighted by molar-refractivity contribution is 6.30. The maximum Gasteiger partial charge on any atom is 0.246 e. The zero-order valence-corrected chi connectivity index (χ0v) is 16.9. The highest BCUT2D eigenvalue weighted by Crippen LogP contribution is 2.13. The SMILES string of the molecule is O=C(CCC(=O)c1ccc(Cl)cc1)NCc1cccc(NC(=O)Cn2cccn2)c1. The van der Waals surface area contributed by atoms with Gasteiger partial charge in [-0.05, 0) is 48.0 Å². The molecule has 1 heterocycles. The van der Waals surface area contributed by atoms with E-state index in [0.717, 1.165) is 5.56 Å². The zero-order valence-electron chi connectivity index (χ0n) is 16.2. The third-order valence-electron chi connectivity index (χ3n) is 4.31. The number of hydrogen-bond acceptors (Lipinski definition) is 4. The quantitative estimate of drug-likeness (QED) is 0.514. The molecule has 0 fully saturated rings. The lowest BCUT2D eigenvalue weighted by molar-refractivity contribution is -0.121. The molecule has 30 heavy (non-hydrogen) atoms. The van der Waals surface area contributed by atoms with Gasteiger partial charge in [-0.2, -0.15) is 5.10 Å². The lowest BCUT2D eigenvalue weighted by Crippen LogP contribution is -2.23. The maximum absolute atomic E-state index is 12.1. The Labute approximate surface area is 179 Å². The summed E-state index contributed by atoms with van der Waals surface area (Å²) < 4.78 is 1.53. The van der Waals surface area contributed by atoms with Gasteiger partial charge in [0.05, 0.1) is 0 Å². The number of anilines is 1. The second-order valence-electron chi connectivity index (χ2n) is 6.66. The molecule has 3 rings (SSSR count). The molecule has 1 aromatic heterocycles. The fourth-order valence-electron chi connectivity index (χ4n) is 2.80. The van der Waals surface area contributed by atoms with Gasteiger partial charge in [0.15, 0.2) is 5.78 Å². The molecular weight excluding hydrogens is 404 g/mol. The predicted molar refractivity (Wildman–Crippen MR) is 114 cm³/mol. The summed E-state index contributed by atoms with van der Waals surface area (Å²) >= 11 is 5.81. The number of carbonyl (C=O) groups excluding carboxylic acids is 3. The standard InChI is InChI=1S/C22H21ClN4O3/c23-18-7-5-17(6-8-18)20(28)9-10-21(29)24-14-16-3-1-4-19(13-16)26-22(30)15-27-12-2-11-25-27/h1-8,11-13H,9-10,14-15H2,(H,24,29)(H,26,30). The van der Waals surface area contributed by atoms with Gasteiger partial charge in [0.25, 0.3) is 0 Å². The van der Waals surface area contributed by atoms with Crippen molar-refractivity contribution in [2.75, 3.05) is 5.32 Å². The van der Waals surface area contributed by atoms with E-state index in [4.69, 9.17) is 11.6 Å². The average Bonchev–Trinajstić information content (AvgIpc) is 3.24. The van der Waals surface area contributed by atoms with Crippen LogP contribution in [0.5, 0.6) is 0 Å². The van der Waals surface area contributed by atoms with Crippen molar-refractivity contribution in [2.45, 2.75) is 25.9 Å². The van der Waals surface area contributed by atoms with E-state index in [-0.39, 0.29) is 37.0 Å². The van der Waals surface area contributed by atoms with Gasteiger partial charge >= 0.3 is 0 Å². The molecule has 0 saturated heterocycles. The number of nitrogens with one attached hydrogen (secondary N) is 2. The van der Waals surface area contributed by atoms with E-state index in [1.807, 2.05) is 6.07 Å². The maximum atomic E-state index is 12.1. The molecule has 0 aliphatic heterocycles. The Morgan fingerprint density at radius 3 is 2.50 bits per heavy atom. The van der Waals surface area contributed by atoms with Gasteiger partial charge in [-0.1, -0.05) is 23.7 Å². The highest BCUT2D eigenvalue weighted by Gasteiger charge is 2.10. The third kappa shape index (κ3) is 6.56. The van der Waals surface area contributed by atoms with Crippen LogP contribution in [0.15, 0.2) is 67.0 Å². The predicted octanol–water partition coefficient (Wildman–Crippen LogP) is 3.45. The van der Waals surface area contributed by atoms with Crippen molar-refractivity contribution in [1.82, 2.24) is 15.1 Å². The topological polar surface area (TPSA) is 93.1 Å². The van der Waals surface area contributed by atoms with Crippen LogP contribution in [0.25, 0.3) is 0 Å². The van der Waals surface area contributed by atoms with Gasteiger partial charge in [0.2, 0.25) is 11.8 Å². The van der Waals surface area contributed by atoms with Crippen LogP contribution in [0.4, 0.5) is 5.69 Å². The molecule has 0 bridgehead atoms. The average molecular weight is 425 g/mol. The van der Waals surface area contributed by atoms with E-state index < -0.39 is 0 Å². The van der Waals surface area contributed by atoms with Crippen LogP contribution in [0.1, 0.15) is 28.8 Å². The van der Waals surface area contributed by atoms with Crippen LogP contribution in [0, 0.1) is 0 Å². The molecule has 0 aliphatic rings. The first-order valence-electron chi connectivity index (χ1n) is 9.41. The summed E-state index contributed by atoms with van der Waals surface area (Å²) in [7, 11) is 0.